The molecule has 0 spiro atoms. The van der Waals surface area contributed by atoms with Gasteiger partial charge in [0.15, 0.2) is 5.65 Å². The van der Waals surface area contributed by atoms with Crippen LogP contribution in [0.15, 0.2) is 133 Å². The van der Waals surface area contributed by atoms with E-state index >= 15 is 0 Å². The summed E-state index contributed by atoms with van der Waals surface area (Å²) in [6.45, 7) is 0. The van der Waals surface area contributed by atoms with Crippen molar-refractivity contribution >= 4 is 60.4 Å². The maximum absolute atomic E-state index is 5.30. The van der Waals surface area contributed by atoms with Crippen molar-refractivity contribution in [2.75, 3.05) is 0 Å². The van der Waals surface area contributed by atoms with Gasteiger partial charge in [0.2, 0.25) is 0 Å². The van der Waals surface area contributed by atoms with E-state index in [1.54, 1.807) is 0 Å². The van der Waals surface area contributed by atoms with Gasteiger partial charge in [0.05, 0.1) is 38.6 Å². The van der Waals surface area contributed by atoms with Crippen molar-refractivity contribution in [3.05, 3.63) is 133 Å². The van der Waals surface area contributed by atoms with Crippen molar-refractivity contribution in [2.24, 2.45) is 0 Å². The molecule has 9 aromatic rings. The molecule has 0 aliphatic heterocycles. The fourth-order valence-electron chi connectivity index (χ4n) is 6.47. The number of para-hydroxylation sites is 6. The maximum atomic E-state index is 5.30. The topological polar surface area (TPSA) is 27.2 Å². The third-order valence-corrected chi connectivity index (χ3v) is 7.98. The predicted molar refractivity (Wildman–Crippen MR) is 161 cm³/mol. The molecule has 0 amide bonds. The van der Waals surface area contributed by atoms with Crippen LogP contribution in [-0.2, 0) is 0 Å². The third kappa shape index (κ3) is 2.65. The lowest BCUT2D eigenvalue weighted by atomic mass is 10.1. The van der Waals surface area contributed by atoms with Gasteiger partial charge < -0.3 is 9.13 Å². The highest BCUT2D eigenvalue weighted by Gasteiger charge is 2.26. The molecule has 4 nitrogen and oxygen atoms in total. The van der Waals surface area contributed by atoms with Crippen molar-refractivity contribution in [1.29, 1.82) is 0 Å². The molecular weight excluding hydrogens is 476 g/mol. The van der Waals surface area contributed by atoms with Crippen molar-refractivity contribution in [3.63, 3.8) is 0 Å². The van der Waals surface area contributed by atoms with Crippen LogP contribution >= 0.6 is 0 Å². The van der Waals surface area contributed by atoms with E-state index in [2.05, 4.69) is 147 Å². The number of imidazole rings is 1. The van der Waals surface area contributed by atoms with Crippen LogP contribution < -0.4 is 0 Å². The molecule has 0 fully saturated rings. The van der Waals surface area contributed by atoms with Crippen LogP contribution in [0.2, 0.25) is 0 Å². The van der Waals surface area contributed by atoms with E-state index in [9.17, 15) is 0 Å². The molecule has 0 aliphatic carbocycles. The Balaban J connectivity index is 1.70. The largest absolute Gasteiger partial charge is 0.307 e. The second-order valence-corrected chi connectivity index (χ2v) is 10.1. The van der Waals surface area contributed by atoms with E-state index in [1.165, 1.54) is 38.2 Å². The fraction of sp³-hybridized carbons (Fsp3) is 0. The SMILES string of the molecule is c1ccc(-n2c3ccccc3c3c2c2nc4ccccc4n2c2c4ccccc4n(-c4ccccc4)c32)cc1. The zero-order valence-corrected chi connectivity index (χ0v) is 21.0. The summed E-state index contributed by atoms with van der Waals surface area (Å²) in [5.41, 5.74) is 11.2. The van der Waals surface area contributed by atoms with Gasteiger partial charge >= 0.3 is 0 Å². The number of hydrogen-bond acceptors (Lipinski definition) is 1. The molecule has 0 radical (unpaired) electrons. The summed E-state index contributed by atoms with van der Waals surface area (Å²) in [6, 6.07) is 47.3. The lowest BCUT2D eigenvalue weighted by Gasteiger charge is -2.11. The lowest BCUT2D eigenvalue weighted by molar-refractivity contribution is 1.16. The van der Waals surface area contributed by atoms with Crippen LogP contribution in [0, 0.1) is 0 Å². The second kappa shape index (κ2) is 7.59. The van der Waals surface area contributed by atoms with Gasteiger partial charge in [0.1, 0.15) is 0 Å². The van der Waals surface area contributed by atoms with E-state index in [4.69, 9.17) is 4.98 Å². The number of aromatic nitrogens is 4. The Morgan fingerprint density at radius 2 is 0.923 bits per heavy atom. The summed E-state index contributed by atoms with van der Waals surface area (Å²) in [4.78, 5) is 5.30. The van der Waals surface area contributed by atoms with E-state index in [-0.39, 0.29) is 0 Å². The van der Waals surface area contributed by atoms with Gasteiger partial charge in [-0.1, -0.05) is 84.9 Å². The maximum Gasteiger partial charge on any atom is 0.163 e. The highest BCUT2D eigenvalue weighted by molar-refractivity contribution is 6.28. The monoisotopic (exact) mass is 498 g/mol. The summed E-state index contributed by atoms with van der Waals surface area (Å²) in [5.74, 6) is 0. The van der Waals surface area contributed by atoms with E-state index in [0.717, 1.165) is 33.6 Å². The molecule has 0 bridgehead atoms. The molecule has 5 aromatic carbocycles. The van der Waals surface area contributed by atoms with Crippen molar-refractivity contribution in [2.45, 2.75) is 0 Å². The number of rotatable bonds is 2. The highest BCUT2D eigenvalue weighted by Crippen LogP contribution is 2.44. The Morgan fingerprint density at radius 1 is 0.410 bits per heavy atom. The Bertz CT molecular complexity index is 2370. The Kier molecular flexibility index (Phi) is 4.02. The molecule has 9 rings (SSSR count). The molecule has 0 saturated carbocycles. The normalized spacial score (nSPS) is 12.1. The zero-order valence-electron chi connectivity index (χ0n) is 21.0. The number of fused-ring (bicyclic) bond motifs is 12. The summed E-state index contributed by atoms with van der Waals surface area (Å²) < 4.78 is 7.20. The van der Waals surface area contributed by atoms with Gasteiger partial charge in [0.25, 0.3) is 0 Å². The van der Waals surface area contributed by atoms with Crippen LogP contribution in [0.25, 0.3) is 71.8 Å². The predicted octanol–water partition coefficient (Wildman–Crippen LogP) is 8.68. The van der Waals surface area contributed by atoms with Crippen LogP contribution in [0.1, 0.15) is 0 Å². The molecule has 0 saturated heterocycles. The number of pyridine rings is 1. The third-order valence-electron chi connectivity index (χ3n) is 7.98. The minimum absolute atomic E-state index is 0.967. The first-order chi connectivity index (χ1) is 19.4. The summed E-state index contributed by atoms with van der Waals surface area (Å²) >= 11 is 0. The van der Waals surface area contributed by atoms with Gasteiger partial charge in [-0.2, -0.15) is 0 Å². The number of benzene rings is 5. The highest BCUT2D eigenvalue weighted by atomic mass is 15.1. The summed E-state index contributed by atoms with van der Waals surface area (Å²) in [7, 11) is 0. The lowest BCUT2D eigenvalue weighted by Crippen LogP contribution is -1.99. The molecule has 0 atom stereocenters. The minimum atomic E-state index is 0.967. The summed E-state index contributed by atoms with van der Waals surface area (Å²) in [5, 5.41) is 3.64. The van der Waals surface area contributed by atoms with Crippen LogP contribution in [0.3, 0.4) is 0 Å². The quantitative estimate of drug-likeness (QED) is 0.234. The van der Waals surface area contributed by atoms with Crippen LogP contribution in [0.5, 0.6) is 0 Å². The molecule has 39 heavy (non-hydrogen) atoms. The average Bonchev–Trinajstić information content (AvgIpc) is 3.66. The average molecular weight is 499 g/mol. The van der Waals surface area contributed by atoms with Gasteiger partial charge in [-0.05, 0) is 48.5 Å². The van der Waals surface area contributed by atoms with Crippen molar-refractivity contribution in [3.8, 4) is 11.4 Å². The Hall–Kier alpha value is -5.35. The van der Waals surface area contributed by atoms with Crippen LogP contribution in [-0.4, -0.2) is 18.5 Å². The smallest absolute Gasteiger partial charge is 0.163 e. The molecule has 0 aliphatic rings. The standard InChI is InChI=1S/C35H22N4/c1-3-13-23(14-4-1)37-29-21-11-8-18-26(29)32-33(37)31-25-17-7-10-20-28(25)38(24-15-5-2-6-16-24)34(31)35-36-27-19-9-12-22-30(27)39(32)35/h1-22H. The first-order valence-corrected chi connectivity index (χ1v) is 13.3. The Labute approximate surface area is 223 Å². The summed E-state index contributed by atoms with van der Waals surface area (Å²) in [6.07, 6.45) is 0. The Morgan fingerprint density at radius 3 is 1.62 bits per heavy atom. The minimum Gasteiger partial charge on any atom is -0.307 e. The van der Waals surface area contributed by atoms with Crippen LogP contribution in [0.4, 0.5) is 0 Å². The molecule has 0 unspecified atom stereocenters. The zero-order chi connectivity index (χ0) is 25.5. The van der Waals surface area contributed by atoms with Gasteiger partial charge in [-0.15, -0.1) is 0 Å². The number of nitrogens with zero attached hydrogens (tertiary/aromatic N) is 4. The first kappa shape index (κ1) is 20.7. The molecule has 4 heterocycles. The van der Waals surface area contributed by atoms with Crippen molar-refractivity contribution in [1.82, 2.24) is 18.5 Å². The molecule has 4 heteroatoms. The first-order valence-electron chi connectivity index (χ1n) is 13.3. The molecular formula is C35H22N4. The van der Waals surface area contributed by atoms with E-state index < -0.39 is 0 Å². The molecule has 4 aromatic heterocycles. The van der Waals surface area contributed by atoms with Crippen molar-refractivity contribution < 1.29 is 0 Å². The van der Waals surface area contributed by atoms with E-state index in [1.807, 2.05) is 0 Å². The second-order valence-electron chi connectivity index (χ2n) is 10.1. The van der Waals surface area contributed by atoms with Gasteiger partial charge in [-0.3, -0.25) is 4.40 Å². The fourth-order valence-corrected chi connectivity index (χ4v) is 6.47. The van der Waals surface area contributed by atoms with E-state index in [0.29, 0.717) is 0 Å². The number of hydrogen-bond donors (Lipinski definition) is 0. The van der Waals surface area contributed by atoms with Gasteiger partial charge in [0, 0.05) is 27.5 Å². The molecule has 182 valence electrons. The molecule has 0 N–H and O–H groups in total. The van der Waals surface area contributed by atoms with Gasteiger partial charge in [-0.25, -0.2) is 4.98 Å².